The van der Waals surface area contributed by atoms with Crippen LogP contribution in [-0.2, 0) is 23.1 Å². The van der Waals surface area contributed by atoms with Gasteiger partial charge >= 0.3 is 0 Å². The highest BCUT2D eigenvalue weighted by Crippen LogP contribution is 2.42. The Kier molecular flexibility index (Phi) is 5.71. The first-order valence-electron chi connectivity index (χ1n) is 11.6. The van der Waals surface area contributed by atoms with Crippen molar-refractivity contribution in [3.8, 4) is 5.75 Å². The van der Waals surface area contributed by atoms with Crippen LogP contribution < -0.4 is 10.5 Å². The molecule has 4 heteroatoms. The van der Waals surface area contributed by atoms with Crippen molar-refractivity contribution in [2.75, 3.05) is 19.7 Å². The lowest BCUT2D eigenvalue weighted by Gasteiger charge is -2.42. The number of benzene rings is 3. The van der Waals surface area contributed by atoms with Crippen LogP contribution in [0.1, 0.15) is 35.1 Å². The van der Waals surface area contributed by atoms with Crippen molar-refractivity contribution in [2.45, 2.75) is 37.1 Å². The summed E-state index contributed by atoms with van der Waals surface area (Å²) in [6, 6.07) is 26.8. The fraction of sp³-hybridized carbons (Fsp3) is 0.321. The molecule has 1 unspecified atom stereocenters. The SMILES string of the molecule is NC(=O)C(c1ccccc1)(c1ccccc1)C1CCCN1CCc1ccc2c(c1)CCO2. The first kappa shape index (κ1) is 20.8. The number of primary amides is 1. The standard InChI is InChI=1S/C28H30N2O2/c29-27(31)28(23-8-3-1-4-9-23,24-10-5-2-6-11-24)26-12-7-17-30(26)18-15-21-13-14-25-22(20-21)16-19-32-25/h1-6,8-11,13-14,20,26H,7,12,15-19H2,(H2,29,31). The Morgan fingerprint density at radius 1 is 1.00 bits per heavy atom. The smallest absolute Gasteiger partial charge is 0.234 e. The summed E-state index contributed by atoms with van der Waals surface area (Å²) in [5, 5.41) is 0. The molecule has 3 aromatic carbocycles. The van der Waals surface area contributed by atoms with E-state index in [0.29, 0.717) is 0 Å². The van der Waals surface area contributed by atoms with Gasteiger partial charge in [-0.2, -0.15) is 0 Å². The van der Waals surface area contributed by atoms with Gasteiger partial charge in [-0.1, -0.05) is 72.8 Å². The average Bonchev–Trinajstić information content (AvgIpc) is 3.49. The molecule has 0 spiro atoms. The van der Waals surface area contributed by atoms with Gasteiger partial charge < -0.3 is 10.5 Å². The van der Waals surface area contributed by atoms with Crippen molar-refractivity contribution in [2.24, 2.45) is 5.73 Å². The van der Waals surface area contributed by atoms with E-state index in [1.165, 1.54) is 11.1 Å². The van der Waals surface area contributed by atoms with Crippen LogP contribution in [0.4, 0.5) is 0 Å². The maximum absolute atomic E-state index is 13.3. The number of carbonyl (C=O) groups excluding carboxylic acids is 1. The zero-order valence-electron chi connectivity index (χ0n) is 18.4. The fourth-order valence-electron chi connectivity index (χ4n) is 5.65. The van der Waals surface area contributed by atoms with Crippen LogP contribution in [0.15, 0.2) is 78.9 Å². The van der Waals surface area contributed by atoms with Gasteiger partial charge in [0.2, 0.25) is 5.91 Å². The lowest BCUT2D eigenvalue weighted by atomic mass is 9.67. The Balaban J connectivity index is 1.49. The maximum atomic E-state index is 13.3. The number of nitrogens with two attached hydrogens (primary N) is 1. The quantitative estimate of drug-likeness (QED) is 0.619. The van der Waals surface area contributed by atoms with Gasteiger partial charge in [-0.15, -0.1) is 0 Å². The van der Waals surface area contributed by atoms with Crippen LogP contribution >= 0.6 is 0 Å². The van der Waals surface area contributed by atoms with Gasteiger partial charge in [0, 0.05) is 19.0 Å². The third-order valence-corrected chi connectivity index (χ3v) is 7.15. The first-order chi connectivity index (χ1) is 15.7. The third kappa shape index (κ3) is 3.59. The summed E-state index contributed by atoms with van der Waals surface area (Å²) in [5.74, 6) is 0.746. The molecular weight excluding hydrogens is 396 g/mol. The lowest BCUT2D eigenvalue weighted by molar-refractivity contribution is -0.124. The number of fused-ring (bicyclic) bond motifs is 1. The molecule has 32 heavy (non-hydrogen) atoms. The molecule has 2 N–H and O–H groups in total. The van der Waals surface area contributed by atoms with Gasteiger partial charge in [0.05, 0.1) is 6.61 Å². The summed E-state index contributed by atoms with van der Waals surface area (Å²) in [7, 11) is 0. The number of amides is 1. The average molecular weight is 427 g/mol. The zero-order chi connectivity index (χ0) is 22.0. The molecule has 0 bridgehead atoms. The van der Waals surface area contributed by atoms with Crippen molar-refractivity contribution in [1.29, 1.82) is 0 Å². The second kappa shape index (κ2) is 8.79. The molecule has 5 rings (SSSR count). The second-order valence-corrected chi connectivity index (χ2v) is 8.89. The van der Waals surface area contributed by atoms with Gasteiger partial charge in [-0.05, 0) is 54.1 Å². The predicted molar refractivity (Wildman–Crippen MR) is 127 cm³/mol. The number of nitrogens with zero attached hydrogens (tertiary/aromatic N) is 1. The van der Waals surface area contributed by atoms with E-state index in [0.717, 1.165) is 62.3 Å². The highest BCUT2D eigenvalue weighted by Gasteiger charge is 2.51. The van der Waals surface area contributed by atoms with Gasteiger partial charge in [0.1, 0.15) is 11.2 Å². The normalized spacial score (nSPS) is 18.3. The Morgan fingerprint density at radius 3 is 2.34 bits per heavy atom. The number of ether oxygens (including phenoxy) is 1. The van der Waals surface area contributed by atoms with Crippen molar-refractivity contribution in [3.05, 3.63) is 101 Å². The molecule has 4 nitrogen and oxygen atoms in total. The highest BCUT2D eigenvalue weighted by molar-refractivity contribution is 5.92. The molecule has 0 radical (unpaired) electrons. The summed E-state index contributed by atoms with van der Waals surface area (Å²) in [6.45, 7) is 2.66. The Bertz CT molecular complexity index is 1040. The minimum Gasteiger partial charge on any atom is -0.493 e. The van der Waals surface area contributed by atoms with Crippen LogP contribution in [0.25, 0.3) is 0 Å². The van der Waals surface area contributed by atoms with E-state index >= 15 is 0 Å². The molecule has 0 aliphatic carbocycles. The lowest BCUT2D eigenvalue weighted by Crippen LogP contribution is -2.56. The Morgan fingerprint density at radius 2 is 1.69 bits per heavy atom. The topological polar surface area (TPSA) is 55.6 Å². The monoisotopic (exact) mass is 426 g/mol. The van der Waals surface area contributed by atoms with E-state index in [2.05, 4.69) is 47.4 Å². The van der Waals surface area contributed by atoms with Crippen molar-refractivity contribution >= 4 is 5.91 Å². The van der Waals surface area contributed by atoms with Crippen LogP contribution in [0.3, 0.4) is 0 Å². The van der Waals surface area contributed by atoms with Crippen LogP contribution in [0, 0.1) is 0 Å². The molecule has 0 aromatic heterocycles. The molecule has 164 valence electrons. The molecule has 0 saturated carbocycles. The van der Waals surface area contributed by atoms with E-state index in [1.54, 1.807) is 0 Å². The number of carbonyl (C=O) groups is 1. The minimum atomic E-state index is -0.870. The van der Waals surface area contributed by atoms with Gasteiger partial charge in [-0.25, -0.2) is 0 Å². The summed E-state index contributed by atoms with van der Waals surface area (Å²) in [6.07, 6.45) is 3.95. The van der Waals surface area contributed by atoms with E-state index in [9.17, 15) is 4.79 Å². The number of hydrogen-bond donors (Lipinski definition) is 1. The molecule has 3 aromatic rings. The minimum absolute atomic E-state index is 0.0301. The maximum Gasteiger partial charge on any atom is 0.234 e. The van der Waals surface area contributed by atoms with E-state index < -0.39 is 5.41 Å². The Hall–Kier alpha value is -3.11. The summed E-state index contributed by atoms with van der Waals surface area (Å²) < 4.78 is 5.66. The Labute approximate surface area is 190 Å². The predicted octanol–water partition coefficient (Wildman–Crippen LogP) is 4.10. The fourth-order valence-corrected chi connectivity index (χ4v) is 5.65. The van der Waals surface area contributed by atoms with Crippen molar-refractivity contribution in [3.63, 3.8) is 0 Å². The largest absolute Gasteiger partial charge is 0.493 e. The van der Waals surface area contributed by atoms with Gasteiger partial charge in [0.15, 0.2) is 0 Å². The second-order valence-electron chi connectivity index (χ2n) is 8.89. The van der Waals surface area contributed by atoms with Gasteiger partial charge in [0.25, 0.3) is 0 Å². The van der Waals surface area contributed by atoms with Crippen molar-refractivity contribution < 1.29 is 9.53 Å². The van der Waals surface area contributed by atoms with Crippen LogP contribution in [0.5, 0.6) is 5.75 Å². The van der Waals surface area contributed by atoms with Gasteiger partial charge in [-0.3, -0.25) is 9.69 Å². The summed E-state index contributed by atoms with van der Waals surface area (Å²) in [4.78, 5) is 15.8. The van der Waals surface area contributed by atoms with E-state index in [-0.39, 0.29) is 11.9 Å². The zero-order valence-corrected chi connectivity index (χ0v) is 18.4. The molecule has 1 fully saturated rings. The first-order valence-corrected chi connectivity index (χ1v) is 11.6. The number of likely N-dealkylation sites (tertiary alicyclic amines) is 1. The number of rotatable bonds is 7. The molecule has 1 saturated heterocycles. The van der Waals surface area contributed by atoms with Crippen LogP contribution in [-0.4, -0.2) is 36.5 Å². The molecule has 1 amide bonds. The van der Waals surface area contributed by atoms with Crippen molar-refractivity contribution in [1.82, 2.24) is 4.90 Å². The molecule has 2 heterocycles. The highest BCUT2D eigenvalue weighted by atomic mass is 16.5. The molecule has 1 atom stereocenters. The summed E-state index contributed by atoms with van der Waals surface area (Å²) in [5.41, 5.74) is 9.98. The third-order valence-electron chi connectivity index (χ3n) is 7.15. The van der Waals surface area contributed by atoms with E-state index in [1.807, 2.05) is 36.4 Å². The summed E-state index contributed by atoms with van der Waals surface area (Å²) >= 11 is 0. The van der Waals surface area contributed by atoms with Crippen LogP contribution in [0.2, 0.25) is 0 Å². The molecule has 2 aliphatic heterocycles. The van der Waals surface area contributed by atoms with E-state index in [4.69, 9.17) is 10.5 Å². The molecular formula is C28H30N2O2. The number of hydrogen-bond acceptors (Lipinski definition) is 3. The molecule has 2 aliphatic rings.